The number of unbranched alkanes of at least 4 members (excludes halogenated alkanes) is 4. The van der Waals surface area contributed by atoms with E-state index in [-0.39, 0.29) is 12.8 Å². The number of carboxylic acid groups (broad SMARTS) is 2. The average Bonchev–Trinajstić information content (AvgIpc) is 2.22. The van der Waals surface area contributed by atoms with Crippen molar-refractivity contribution in [2.45, 2.75) is 65.2 Å². The SMILES string of the molecule is CCCCC(=O)[O-].CCCCCCC(=O)[O-]. The molecule has 0 rings (SSSR count). The second-order valence-corrected chi connectivity index (χ2v) is 3.66. The summed E-state index contributed by atoms with van der Waals surface area (Å²) in [6.45, 7) is 4.04. The lowest BCUT2D eigenvalue weighted by Gasteiger charge is -1.99. The van der Waals surface area contributed by atoms with E-state index in [4.69, 9.17) is 0 Å². The molecule has 0 bridgehead atoms. The van der Waals surface area contributed by atoms with Gasteiger partial charge in [0.25, 0.3) is 0 Å². The molecule has 4 nitrogen and oxygen atoms in total. The molecule has 16 heavy (non-hydrogen) atoms. The lowest BCUT2D eigenvalue weighted by molar-refractivity contribution is -0.307. The number of carboxylic acids is 2. The van der Waals surface area contributed by atoms with Crippen molar-refractivity contribution in [3.05, 3.63) is 0 Å². The maximum atomic E-state index is 9.85. The van der Waals surface area contributed by atoms with Gasteiger partial charge < -0.3 is 19.8 Å². The molecule has 0 amide bonds. The molecule has 4 heteroatoms. The summed E-state index contributed by atoms with van der Waals surface area (Å²) in [7, 11) is 0. The van der Waals surface area contributed by atoms with Crippen molar-refractivity contribution in [3.63, 3.8) is 0 Å². The Morgan fingerprint density at radius 2 is 1.19 bits per heavy atom. The van der Waals surface area contributed by atoms with Gasteiger partial charge in [0.2, 0.25) is 0 Å². The monoisotopic (exact) mass is 230 g/mol. The smallest absolute Gasteiger partial charge is 0.0414 e. The third-order valence-electron chi connectivity index (χ3n) is 1.97. The summed E-state index contributed by atoms with van der Waals surface area (Å²) in [5.41, 5.74) is 0. The van der Waals surface area contributed by atoms with Crippen molar-refractivity contribution in [1.82, 2.24) is 0 Å². The van der Waals surface area contributed by atoms with Crippen LogP contribution in [0.15, 0.2) is 0 Å². The summed E-state index contributed by atoms with van der Waals surface area (Å²) in [5, 5.41) is 19.5. The van der Waals surface area contributed by atoms with Gasteiger partial charge in [0.1, 0.15) is 0 Å². The second-order valence-electron chi connectivity index (χ2n) is 3.66. The molecule has 0 saturated heterocycles. The molecule has 0 heterocycles. The Labute approximate surface area is 97.7 Å². The molecular formula is C12H22O4-2. The third kappa shape index (κ3) is 23.1. The highest BCUT2D eigenvalue weighted by Crippen LogP contribution is 2.00. The van der Waals surface area contributed by atoms with E-state index in [0.717, 1.165) is 38.5 Å². The molecule has 0 radical (unpaired) electrons. The van der Waals surface area contributed by atoms with Crippen LogP contribution in [0.1, 0.15) is 65.2 Å². The Hall–Kier alpha value is -1.06. The van der Waals surface area contributed by atoms with Crippen LogP contribution in [0.3, 0.4) is 0 Å². The van der Waals surface area contributed by atoms with Gasteiger partial charge in [0.05, 0.1) is 0 Å². The molecule has 0 aromatic rings. The highest BCUT2D eigenvalue weighted by atomic mass is 16.4. The van der Waals surface area contributed by atoms with Crippen LogP contribution in [0.4, 0.5) is 0 Å². The van der Waals surface area contributed by atoms with Crippen LogP contribution in [0.2, 0.25) is 0 Å². The van der Waals surface area contributed by atoms with Crippen molar-refractivity contribution in [1.29, 1.82) is 0 Å². The molecular weight excluding hydrogens is 208 g/mol. The van der Waals surface area contributed by atoms with Crippen molar-refractivity contribution in [2.75, 3.05) is 0 Å². The predicted octanol–water partition coefficient (Wildman–Crippen LogP) is 0.633. The molecule has 0 aromatic heterocycles. The van der Waals surface area contributed by atoms with E-state index in [0.29, 0.717) is 0 Å². The van der Waals surface area contributed by atoms with Crippen LogP contribution in [0.25, 0.3) is 0 Å². The number of carbonyl (C=O) groups excluding carboxylic acids is 2. The average molecular weight is 230 g/mol. The first kappa shape index (κ1) is 17.3. The molecule has 0 fully saturated rings. The van der Waals surface area contributed by atoms with Gasteiger partial charge >= 0.3 is 0 Å². The Bertz CT molecular complexity index is 178. The molecule has 0 atom stereocenters. The highest BCUT2D eigenvalue weighted by molar-refractivity contribution is 5.64. The van der Waals surface area contributed by atoms with Gasteiger partial charge in [-0.25, -0.2) is 0 Å². The van der Waals surface area contributed by atoms with E-state index in [1.165, 1.54) is 0 Å². The summed E-state index contributed by atoms with van der Waals surface area (Å²) >= 11 is 0. The fourth-order valence-corrected chi connectivity index (χ4v) is 1.02. The summed E-state index contributed by atoms with van der Waals surface area (Å²) in [6, 6.07) is 0. The zero-order chi connectivity index (χ0) is 12.8. The van der Waals surface area contributed by atoms with E-state index in [2.05, 4.69) is 6.92 Å². The molecule has 0 saturated carbocycles. The lowest BCUT2D eigenvalue weighted by Crippen LogP contribution is -2.21. The summed E-state index contributed by atoms with van der Waals surface area (Å²) in [6.07, 6.45) is 6.16. The van der Waals surface area contributed by atoms with E-state index in [1.54, 1.807) is 0 Å². The summed E-state index contributed by atoms with van der Waals surface area (Å²) in [4.78, 5) is 19.5. The Morgan fingerprint density at radius 3 is 1.50 bits per heavy atom. The minimum atomic E-state index is -0.943. The van der Waals surface area contributed by atoms with Gasteiger partial charge in [-0.3, -0.25) is 0 Å². The van der Waals surface area contributed by atoms with Gasteiger partial charge in [-0.1, -0.05) is 39.5 Å². The standard InChI is InChI=1S/C7H14O2.C5H10O2/c1-2-3-4-5-6-7(8)9;1-2-3-4-5(6)7/h2-6H2,1H3,(H,8,9);2-4H2,1H3,(H,6,7)/p-2. The number of hydrogen-bond acceptors (Lipinski definition) is 4. The number of hydrogen-bond donors (Lipinski definition) is 0. The first-order chi connectivity index (χ1) is 7.54. The zero-order valence-electron chi connectivity index (χ0n) is 10.3. The first-order valence-corrected chi connectivity index (χ1v) is 5.94. The minimum Gasteiger partial charge on any atom is -0.550 e. The maximum Gasteiger partial charge on any atom is 0.0414 e. The minimum absolute atomic E-state index is 0.205. The van der Waals surface area contributed by atoms with E-state index in [9.17, 15) is 19.8 Å². The third-order valence-corrected chi connectivity index (χ3v) is 1.97. The zero-order valence-corrected chi connectivity index (χ0v) is 10.3. The molecule has 96 valence electrons. The Balaban J connectivity index is 0. The van der Waals surface area contributed by atoms with E-state index in [1.807, 2.05) is 6.92 Å². The molecule has 0 unspecified atom stereocenters. The second kappa shape index (κ2) is 13.9. The van der Waals surface area contributed by atoms with Gasteiger partial charge in [0, 0.05) is 11.9 Å². The van der Waals surface area contributed by atoms with Crippen molar-refractivity contribution < 1.29 is 19.8 Å². The van der Waals surface area contributed by atoms with Crippen molar-refractivity contribution in [3.8, 4) is 0 Å². The van der Waals surface area contributed by atoms with Crippen LogP contribution in [-0.4, -0.2) is 11.9 Å². The molecule has 0 aliphatic heterocycles. The van der Waals surface area contributed by atoms with Gasteiger partial charge in [0.15, 0.2) is 0 Å². The Morgan fingerprint density at radius 1 is 0.750 bits per heavy atom. The van der Waals surface area contributed by atoms with Crippen molar-refractivity contribution in [2.24, 2.45) is 0 Å². The topological polar surface area (TPSA) is 80.3 Å². The van der Waals surface area contributed by atoms with Crippen LogP contribution < -0.4 is 10.2 Å². The van der Waals surface area contributed by atoms with Gasteiger partial charge in [-0.15, -0.1) is 0 Å². The van der Waals surface area contributed by atoms with Crippen LogP contribution in [0, 0.1) is 0 Å². The normalized spacial score (nSPS) is 9.12. The van der Waals surface area contributed by atoms with Crippen LogP contribution in [-0.2, 0) is 9.59 Å². The molecule has 0 aliphatic carbocycles. The molecule has 0 aromatic carbocycles. The van der Waals surface area contributed by atoms with E-state index < -0.39 is 11.9 Å². The molecule has 0 spiro atoms. The first-order valence-electron chi connectivity index (χ1n) is 5.94. The largest absolute Gasteiger partial charge is 0.550 e. The summed E-state index contributed by atoms with van der Waals surface area (Å²) < 4.78 is 0. The lowest BCUT2D eigenvalue weighted by atomic mass is 10.2. The Kier molecular flexibility index (Phi) is 15.1. The molecule has 0 aliphatic rings. The quantitative estimate of drug-likeness (QED) is 0.573. The number of rotatable bonds is 8. The number of aliphatic carboxylic acids is 2. The number of carbonyl (C=O) groups is 2. The molecule has 0 N–H and O–H groups in total. The maximum absolute atomic E-state index is 9.85. The van der Waals surface area contributed by atoms with Crippen molar-refractivity contribution >= 4 is 11.9 Å². The van der Waals surface area contributed by atoms with E-state index >= 15 is 0 Å². The fraction of sp³-hybridized carbons (Fsp3) is 0.833. The fourth-order valence-electron chi connectivity index (χ4n) is 1.02. The predicted molar refractivity (Wildman–Crippen MR) is 58.3 cm³/mol. The van der Waals surface area contributed by atoms with Crippen LogP contribution >= 0.6 is 0 Å². The highest BCUT2D eigenvalue weighted by Gasteiger charge is 1.86. The summed E-state index contributed by atoms with van der Waals surface area (Å²) in [5.74, 6) is -1.87. The van der Waals surface area contributed by atoms with Gasteiger partial charge in [-0.05, 0) is 25.7 Å². The van der Waals surface area contributed by atoms with Gasteiger partial charge in [-0.2, -0.15) is 0 Å². The van der Waals surface area contributed by atoms with Crippen LogP contribution in [0.5, 0.6) is 0 Å².